The molecule has 1 atom stereocenters. The first-order valence-corrected chi connectivity index (χ1v) is 6.51. The van der Waals surface area contributed by atoms with Gasteiger partial charge in [-0.2, -0.15) is 0 Å². The highest BCUT2D eigenvalue weighted by Gasteiger charge is 2.15. The molecule has 0 radical (unpaired) electrons. The van der Waals surface area contributed by atoms with Gasteiger partial charge in [0.1, 0.15) is 22.4 Å². The first-order chi connectivity index (χ1) is 8.10. The number of aromatic nitrogens is 2. The molecule has 0 fully saturated rings. The maximum atomic E-state index is 9.28. The van der Waals surface area contributed by atoms with Crippen molar-refractivity contribution in [3.05, 3.63) is 10.8 Å². The number of hydrogen-bond donors (Lipinski definition) is 3. The Bertz CT molecular complexity index is 359. The molecule has 0 spiro atoms. The Balaban J connectivity index is 2.87. The fraction of sp³-hybridized carbons (Fsp3) is 0.636. The van der Waals surface area contributed by atoms with Crippen molar-refractivity contribution in [2.75, 3.05) is 23.8 Å². The molecule has 3 N–H and O–H groups in total. The molecule has 0 aromatic carbocycles. The third-order valence-electron chi connectivity index (χ3n) is 2.46. The summed E-state index contributed by atoms with van der Waals surface area (Å²) in [4.78, 5) is 8.31. The van der Waals surface area contributed by atoms with Crippen LogP contribution in [0.4, 0.5) is 11.6 Å². The fourth-order valence-corrected chi connectivity index (χ4v) is 1.82. The van der Waals surface area contributed by atoms with Gasteiger partial charge in [0, 0.05) is 6.54 Å². The first kappa shape index (κ1) is 14.2. The van der Waals surface area contributed by atoms with Crippen molar-refractivity contribution in [3.63, 3.8) is 0 Å². The molecule has 0 bridgehead atoms. The average Bonchev–Trinajstić information content (AvgIpc) is 2.30. The number of hydrogen-bond acceptors (Lipinski definition) is 5. The van der Waals surface area contributed by atoms with Crippen LogP contribution in [0, 0.1) is 5.92 Å². The van der Waals surface area contributed by atoms with E-state index in [0.717, 1.165) is 16.8 Å². The number of halogens is 1. The second-order valence-corrected chi connectivity index (χ2v) is 4.89. The lowest BCUT2D eigenvalue weighted by molar-refractivity contribution is 0.249. The zero-order valence-electron chi connectivity index (χ0n) is 10.4. The van der Waals surface area contributed by atoms with Crippen molar-refractivity contribution >= 4 is 27.6 Å². The van der Waals surface area contributed by atoms with Crippen molar-refractivity contribution in [2.24, 2.45) is 5.92 Å². The molecule has 1 rings (SSSR count). The SMILES string of the molecule is CCNc1ncnc(NC(CO)C(C)C)c1Br. The molecular formula is C11H19BrN4O. The minimum absolute atomic E-state index is 0.0179. The van der Waals surface area contributed by atoms with E-state index in [9.17, 15) is 5.11 Å². The van der Waals surface area contributed by atoms with Crippen LogP contribution in [0.15, 0.2) is 10.8 Å². The number of nitrogens with zero attached hydrogens (tertiary/aromatic N) is 2. The van der Waals surface area contributed by atoms with E-state index in [4.69, 9.17) is 0 Å². The number of nitrogens with one attached hydrogen (secondary N) is 2. The van der Waals surface area contributed by atoms with Gasteiger partial charge in [-0.1, -0.05) is 13.8 Å². The highest BCUT2D eigenvalue weighted by Crippen LogP contribution is 2.27. The predicted octanol–water partition coefficient (Wildman–Crippen LogP) is 2.10. The van der Waals surface area contributed by atoms with Crippen LogP contribution in [0.1, 0.15) is 20.8 Å². The number of aliphatic hydroxyl groups is 1. The summed E-state index contributed by atoms with van der Waals surface area (Å²) in [5.41, 5.74) is 0. The third kappa shape index (κ3) is 3.81. The average molecular weight is 303 g/mol. The topological polar surface area (TPSA) is 70.1 Å². The molecule has 0 amide bonds. The van der Waals surface area contributed by atoms with Gasteiger partial charge in [0.15, 0.2) is 0 Å². The maximum absolute atomic E-state index is 9.28. The molecule has 1 aromatic heterocycles. The summed E-state index contributed by atoms with van der Waals surface area (Å²) in [5, 5.41) is 15.6. The first-order valence-electron chi connectivity index (χ1n) is 5.71. The van der Waals surface area contributed by atoms with E-state index in [-0.39, 0.29) is 12.6 Å². The van der Waals surface area contributed by atoms with Gasteiger partial charge in [0.2, 0.25) is 0 Å². The Morgan fingerprint density at radius 1 is 1.35 bits per heavy atom. The summed E-state index contributed by atoms with van der Waals surface area (Å²) in [5.74, 6) is 1.78. The number of anilines is 2. The summed E-state index contributed by atoms with van der Waals surface area (Å²) < 4.78 is 0.793. The summed E-state index contributed by atoms with van der Waals surface area (Å²) in [6.07, 6.45) is 1.50. The van der Waals surface area contributed by atoms with Crippen molar-refractivity contribution in [1.29, 1.82) is 0 Å². The molecule has 1 heterocycles. The molecule has 0 aliphatic carbocycles. The van der Waals surface area contributed by atoms with E-state index in [1.54, 1.807) is 0 Å². The monoisotopic (exact) mass is 302 g/mol. The zero-order valence-corrected chi connectivity index (χ0v) is 12.0. The Morgan fingerprint density at radius 3 is 2.53 bits per heavy atom. The molecule has 1 aromatic rings. The van der Waals surface area contributed by atoms with Crippen LogP contribution in [0.2, 0.25) is 0 Å². The fourth-order valence-electron chi connectivity index (χ4n) is 1.36. The summed E-state index contributed by atoms with van der Waals surface area (Å²) in [6.45, 7) is 6.97. The minimum Gasteiger partial charge on any atom is -0.394 e. The molecular weight excluding hydrogens is 284 g/mol. The zero-order chi connectivity index (χ0) is 12.8. The summed E-state index contributed by atoms with van der Waals surface area (Å²) in [6, 6.07) is -0.0179. The predicted molar refractivity (Wildman–Crippen MR) is 73.2 cm³/mol. The second-order valence-electron chi connectivity index (χ2n) is 4.09. The van der Waals surface area contributed by atoms with E-state index >= 15 is 0 Å². The second kappa shape index (κ2) is 6.76. The van der Waals surface area contributed by atoms with Gasteiger partial charge in [-0.25, -0.2) is 9.97 Å². The standard InChI is InChI=1S/C11H19BrN4O/c1-4-13-10-9(12)11(15-6-14-10)16-8(5-17)7(2)3/h6-8,17H,4-5H2,1-3H3,(H2,13,14,15,16). The van der Waals surface area contributed by atoms with E-state index < -0.39 is 0 Å². The van der Waals surface area contributed by atoms with E-state index in [0.29, 0.717) is 11.7 Å². The van der Waals surface area contributed by atoms with E-state index in [1.165, 1.54) is 6.33 Å². The van der Waals surface area contributed by atoms with Crippen LogP contribution in [0.25, 0.3) is 0 Å². The molecule has 1 unspecified atom stereocenters. The smallest absolute Gasteiger partial charge is 0.146 e. The van der Waals surface area contributed by atoms with Crippen molar-refractivity contribution in [1.82, 2.24) is 9.97 Å². The summed E-state index contributed by atoms with van der Waals surface area (Å²) in [7, 11) is 0. The van der Waals surface area contributed by atoms with Gasteiger partial charge < -0.3 is 15.7 Å². The highest BCUT2D eigenvalue weighted by atomic mass is 79.9. The van der Waals surface area contributed by atoms with E-state index in [2.05, 4.69) is 36.5 Å². The van der Waals surface area contributed by atoms with Crippen molar-refractivity contribution in [3.8, 4) is 0 Å². The van der Waals surface area contributed by atoms with Gasteiger partial charge in [0.05, 0.1) is 12.6 Å². The molecule has 0 aliphatic rings. The molecule has 17 heavy (non-hydrogen) atoms. The van der Waals surface area contributed by atoms with Crippen LogP contribution in [-0.4, -0.2) is 34.3 Å². The van der Waals surface area contributed by atoms with Gasteiger partial charge in [-0.15, -0.1) is 0 Å². The Kier molecular flexibility index (Phi) is 5.64. The lowest BCUT2D eigenvalue weighted by atomic mass is 10.1. The Hall–Kier alpha value is -0.880. The third-order valence-corrected chi connectivity index (χ3v) is 3.21. The Morgan fingerprint density at radius 2 is 2.00 bits per heavy atom. The molecule has 0 aliphatic heterocycles. The lowest BCUT2D eigenvalue weighted by Gasteiger charge is -2.21. The number of rotatable bonds is 6. The Labute approximate surface area is 110 Å². The molecule has 6 heteroatoms. The largest absolute Gasteiger partial charge is 0.394 e. The van der Waals surface area contributed by atoms with Crippen molar-refractivity contribution in [2.45, 2.75) is 26.8 Å². The minimum atomic E-state index is -0.0179. The normalized spacial score (nSPS) is 12.6. The molecule has 0 saturated heterocycles. The van der Waals surface area contributed by atoms with Crippen LogP contribution in [0.3, 0.4) is 0 Å². The molecule has 0 saturated carbocycles. The van der Waals surface area contributed by atoms with Crippen LogP contribution in [-0.2, 0) is 0 Å². The molecule has 5 nitrogen and oxygen atoms in total. The quantitative estimate of drug-likeness (QED) is 0.751. The number of aliphatic hydroxyl groups excluding tert-OH is 1. The maximum Gasteiger partial charge on any atom is 0.146 e. The van der Waals surface area contributed by atoms with Gasteiger partial charge in [0.25, 0.3) is 0 Å². The van der Waals surface area contributed by atoms with Crippen molar-refractivity contribution < 1.29 is 5.11 Å². The summed E-state index contributed by atoms with van der Waals surface area (Å²) >= 11 is 3.46. The van der Waals surface area contributed by atoms with Gasteiger partial charge >= 0.3 is 0 Å². The van der Waals surface area contributed by atoms with Gasteiger partial charge in [-0.3, -0.25) is 0 Å². The van der Waals surface area contributed by atoms with Crippen LogP contribution >= 0.6 is 15.9 Å². The lowest BCUT2D eigenvalue weighted by Crippen LogP contribution is -2.30. The van der Waals surface area contributed by atoms with Crippen LogP contribution in [0.5, 0.6) is 0 Å². The highest BCUT2D eigenvalue weighted by molar-refractivity contribution is 9.10. The molecule has 96 valence electrons. The van der Waals surface area contributed by atoms with E-state index in [1.807, 2.05) is 20.8 Å². The van der Waals surface area contributed by atoms with Gasteiger partial charge in [-0.05, 0) is 28.8 Å². The van der Waals surface area contributed by atoms with Crippen LogP contribution < -0.4 is 10.6 Å².